The van der Waals surface area contributed by atoms with Gasteiger partial charge in [-0.15, -0.1) is 0 Å². The molecule has 1 aliphatic carbocycles. The number of carbonyl (C=O) groups is 3. The number of allylic oxidation sites excluding steroid dienone is 2. The Bertz CT molecular complexity index is 2360. The molecule has 1 saturated carbocycles. The minimum Gasteiger partial charge on any atom is -0.481 e. The lowest BCUT2D eigenvalue weighted by Gasteiger charge is -2.37. The first-order chi connectivity index (χ1) is 27.5. The molecule has 7 rings (SSSR count). The maximum Gasteiger partial charge on any atom is 0.329 e. The summed E-state index contributed by atoms with van der Waals surface area (Å²) >= 11 is 0. The number of imide groups is 1. The number of piperidine rings is 1. The molecule has 4 N–H and O–H groups in total. The second-order valence-corrected chi connectivity index (χ2v) is 14.6. The topological polar surface area (TPSA) is 186 Å². The van der Waals surface area contributed by atoms with Crippen molar-refractivity contribution in [2.75, 3.05) is 46.4 Å². The van der Waals surface area contributed by atoms with Crippen molar-refractivity contribution in [2.45, 2.75) is 57.0 Å². The summed E-state index contributed by atoms with van der Waals surface area (Å²) in [5.74, 6) is 5.79. The van der Waals surface area contributed by atoms with E-state index in [9.17, 15) is 28.0 Å². The number of aryl methyl sites for hydroxylation is 1. The molecule has 1 atom stereocenters. The molecule has 0 spiro atoms. The molecule has 3 aromatic heterocycles. The van der Waals surface area contributed by atoms with Crippen LogP contribution in [0.25, 0.3) is 16.7 Å². The summed E-state index contributed by atoms with van der Waals surface area (Å²) < 4.78 is 36.9. The van der Waals surface area contributed by atoms with Gasteiger partial charge in [0.1, 0.15) is 17.3 Å². The molecule has 0 radical (unpaired) electrons. The number of para-hydroxylation sites is 1. The van der Waals surface area contributed by atoms with E-state index in [4.69, 9.17) is 10.5 Å². The van der Waals surface area contributed by atoms with Crippen LogP contribution in [0.5, 0.6) is 5.88 Å². The van der Waals surface area contributed by atoms with Gasteiger partial charge in [0.15, 0.2) is 5.65 Å². The highest BCUT2D eigenvalue weighted by Crippen LogP contribution is 2.28. The van der Waals surface area contributed by atoms with E-state index in [1.807, 2.05) is 12.1 Å². The summed E-state index contributed by atoms with van der Waals surface area (Å²) in [6, 6.07) is 6.24. The fourth-order valence-electron chi connectivity index (χ4n) is 7.78. The van der Waals surface area contributed by atoms with Crippen LogP contribution in [0.2, 0.25) is 0 Å². The predicted octanol–water partition coefficient (Wildman–Crippen LogP) is 1.83. The van der Waals surface area contributed by atoms with Gasteiger partial charge in [-0.05, 0) is 50.2 Å². The number of amides is 3. The number of fused-ring (bicyclic) bond motifs is 2. The number of hydrogen-bond donors (Lipinski definition) is 3. The monoisotopic (exact) mass is 785 g/mol. The van der Waals surface area contributed by atoms with Crippen LogP contribution in [0.4, 0.5) is 8.78 Å². The minimum atomic E-state index is -2.99. The molecule has 5 heterocycles. The van der Waals surface area contributed by atoms with Crippen LogP contribution >= 0.6 is 0 Å². The maximum atomic E-state index is 13.7. The van der Waals surface area contributed by atoms with Crippen LogP contribution in [0, 0.1) is 17.8 Å². The van der Waals surface area contributed by atoms with Crippen LogP contribution in [0.1, 0.15) is 60.5 Å². The number of piperazine rings is 1. The third-order valence-corrected chi connectivity index (χ3v) is 11.0. The second kappa shape index (κ2) is 17.1. The molecule has 1 aromatic carbocycles. The lowest BCUT2D eigenvalue weighted by Crippen LogP contribution is -2.48. The van der Waals surface area contributed by atoms with Gasteiger partial charge in [0.2, 0.25) is 17.7 Å². The number of nitrogens with two attached hydrogens (primary N) is 1. The van der Waals surface area contributed by atoms with Crippen LogP contribution in [0.15, 0.2) is 57.8 Å². The van der Waals surface area contributed by atoms with Gasteiger partial charge in [-0.25, -0.2) is 18.1 Å². The first-order valence-electron chi connectivity index (χ1n) is 19.0. The molecule has 2 aliphatic heterocycles. The Labute approximate surface area is 326 Å². The van der Waals surface area contributed by atoms with E-state index in [0.29, 0.717) is 29.1 Å². The maximum absolute atomic E-state index is 13.7. The van der Waals surface area contributed by atoms with E-state index in [0.717, 1.165) is 58.4 Å². The van der Waals surface area contributed by atoms with Gasteiger partial charge in [-0.1, -0.05) is 17.9 Å². The quantitative estimate of drug-likeness (QED) is 0.122. The summed E-state index contributed by atoms with van der Waals surface area (Å²) in [5.41, 5.74) is 6.59. The average molecular weight is 786 g/mol. The van der Waals surface area contributed by atoms with Crippen molar-refractivity contribution in [3.05, 3.63) is 69.7 Å². The second-order valence-electron chi connectivity index (χ2n) is 14.6. The Hall–Kier alpha value is -5.93. The molecule has 16 nitrogen and oxygen atoms in total. The summed E-state index contributed by atoms with van der Waals surface area (Å²) in [6.07, 6.45) is 5.03. The number of nitrogens with one attached hydrogen (secondary N) is 2. The Morgan fingerprint density at radius 1 is 1.11 bits per heavy atom. The highest BCUT2D eigenvalue weighted by molar-refractivity contribution is 6.03. The van der Waals surface area contributed by atoms with Gasteiger partial charge < -0.3 is 20.7 Å². The van der Waals surface area contributed by atoms with Crippen LogP contribution in [-0.2, 0) is 16.6 Å². The van der Waals surface area contributed by atoms with Gasteiger partial charge in [0, 0.05) is 64.7 Å². The average Bonchev–Trinajstić information content (AvgIpc) is 3.75. The van der Waals surface area contributed by atoms with Crippen molar-refractivity contribution in [3.63, 3.8) is 0 Å². The number of aromatic nitrogens is 5. The number of methoxy groups -OCH3 is 1. The lowest BCUT2D eigenvalue weighted by molar-refractivity contribution is -0.135. The molecule has 300 valence electrons. The highest BCUT2D eigenvalue weighted by atomic mass is 19.3. The zero-order chi connectivity index (χ0) is 40.2. The Morgan fingerprint density at radius 3 is 2.58 bits per heavy atom. The number of alkyl halides is 2. The third-order valence-electron chi connectivity index (χ3n) is 11.0. The van der Waals surface area contributed by atoms with Crippen molar-refractivity contribution in [1.29, 1.82) is 0 Å². The van der Waals surface area contributed by atoms with E-state index >= 15 is 0 Å². The van der Waals surface area contributed by atoms with E-state index in [1.165, 1.54) is 33.2 Å². The smallest absolute Gasteiger partial charge is 0.329 e. The normalized spacial score (nSPS) is 21.5. The predicted molar refractivity (Wildman–Crippen MR) is 207 cm³/mol. The van der Waals surface area contributed by atoms with E-state index in [2.05, 4.69) is 47.3 Å². The molecule has 2 saturated heterocycles. The summed E-state index contributed by atoms with van der Waals surface area (Å²) in [4.78, 5) is 64.2. The number of imidazole rings is 1. The molecule has 4 aromatic rings. The standard InChI is InChI=1S/C39H45F2N11O5/c1-48-34-25(5-3-7-29(34)52(39(48)56)30-12-13-31(53)46-38(30)55)6-4-15-49-17-19-50(20-18-49)23-24-8-10-26(11-9-24)43-22-28(33(42)35(40)41)45-37(54)27-21-44-51-16-14-32(57-2)47-36(27)51/h3,5,7,14,16,21-22,24,26,30,35H,8-13,15,17-20,23,42H2,1-2H3,(H,45,54)(H,46,53,55)/b33-28+,43-22?. The summed E-state index contributed by atoms with van der Waals surface area (Å²) in [7, 11) is 3.11. The number of hydrogen-bond acceptors (Lipinski definition) is 11. The number of rotatable bonds is 10. The summed E-state index contributed by atoms with van der Waals surface area (Å²) in [6.45, 7) is 5.10. The summed E-state index contributed by atoms with van der Waals surface area (Å²) in [5, 5.41) is 8.92. The number of nitrogens with zero attached hydrogens (tertiary/aromatic N) is 8. The molecular formula is C39H45F2N11O5. The van der Waals surface area contributed by atoms with Gasteiger partial charge >= 0.3 is 5.69 Å². The fraction of sp³-hybridized carbons (Fsp3) is 0.462. The first-order valence-corrected chi connectivity index (χ1v) is 19.0. The largest absolute Gasteiger partial charge is 0.481 e. The fourth-order valence-corrected chi connectivity index (χ4v) is 7.78. The van der Waals surface area contributed by atoms with Crippen LogP contribution in [-0.4, -0.2) is 116 Å². The number of halogens is 2. The van der Waals surface area contributed by atoms with Crippen LogP contribution < -0.4 is 26.8 Å². The molecule has 57 heavy (non-hydrogen) atoms. The van der Waals surface area contributed by atoms with Gasteiger partial charge in [0.05, 0.1) is 48.2 Å². The molecule has 1 unspecified atom stereocenters. The Kier molecular flexibility index (Phi) is 11.8. The van der Waals surface area contributed by atoms with E-state index in [1.54, 1.807) is 25.4 Å². The first kappa shape index (κ1) is 39.3. The molecular weight excluding hydrogens is 740 g/mol. The number of carbonyl (C=O) groups excluding carboxylic acids is 3. The van der Waals surface area contributed by atoms with Gasteiger partial charge in [-0.3, -0.25) is 38.7 Å². The number of ether oxygens (including phenoxy) is 1. The number of benzene rings is 1. The zero-order valence-electron chi connectivity index (χ0n) is 31.8. The van der Waals surface area contributed by atoms with Crippen molar-refractivity contribution in [2.24, 2.45) is 23.7 Å². The van der Waals surface area contributed by atoms with Crippen LogP contribution in [0.3, 0.4) is 0 Å². The lowest BCUT2D eigenvalue weighted by atomic mass is 9.86. The Balaban J connectivity index is 0.890. The van der Waals surface area contributed by atoms with Crippen molar-refractivity contribution in [3.8, 4) is 17.7 Å². The molecule has 0 bridgehead atoms. The van der Waals surface area contributed by atoms with E-state index in [-0.39, 0.29) is 53.3 Å². The van der Waals surface area contributed by atoms with Gasteiger partial charge in [0.25, 0.3) is 12.3 Å². The van der Waals surface area contributed by atoms with Crippen molar-refractivity contribution >= 4 is 40.6 Å². The van der Waals surface area contributed by atoms with E-state index < -0.39 is 30.0 Å². The van der Waals surface area contributed by atoms with Crippen molar-refractivity contribution < 1.29 is 27.9 Å². The number of aliphatic imine (C=N–C) groups is 1. The molecule has 3 aliphatic rings. The molecule has 3 amide bonds. The molecule has 3 fully saturated rings. The zero-order valence-corrected chi connectivity index (χ0v) is 31.8. The van der Waals surface area contributed by atoms with Gasteiger partial charge in [-0.2, -0.15) is 10.1 Å². The third kappa shape index (κ3) is 8.59. The molecule has 18 heteroatoms. The SMILES string of the molecule is COc1ccn2ncc(C(=O)N/C(C=NC3CCC(CN4CCN(CC#Cc5cccc6c5n(C)c(=O)n6C5CCC(=O)NC5=O)CC4)CC3)=C(/N)C(F)F)c2n1. The minimum absolute atomic E-state index is 0.0690. The highest BCUT2D eigenvalue weighted by Gasteiger charge is 2.32. The van der Waals surface area contributed by atoms with Crippen molar-refractivity contribution in [1.82, 2.24) is 44.2 Å². The Morgan fingerprint density at radius 2 is 1.86 bits per heavy atom.